The van der Waals surface area contributed by atoms with Gasteiger partial charge in [0.05, 0.1) is 0 Å². The molecule has 0 bridgehead atoms. The first-order valence-corrected chi connectivity index (χ1v) is 11.6. The largest absolute Gasteiger partial charge is 0.356 e. The molecular weight excluding hydrogens is 410 g/mol. The molecule has 0 spiro atoms. The Morgan fingerprint density at radius 3 is 2.12 bits per heavy atom. The number of hydrogen-bond acceptors (Lipinski definition) is 1. The zero-order valence-electron chi connectivity index (χ0n) is 19.1. The Morgan fingerprint density at radius 2 is 1.32 bits per heavy atom. The Bertz CT molecular complexity index is 1420. The minimum Gasteiger partial charge on any atom is -0.356 e. The lowest BCUT2D eigenvalue weighted by molar-refractivity contribution is 1.39. The zero-order valence-corrected chi connectivity index (χ0v) is 19.1. The van der Waals surface area contributed by atoms with Crippen LogP contribution in [0, 0.1) is 0 Å². The summed E-state index contributed by atoms with van der Waals surface area (Å²) in [5.74, 6) is 0. The average molecular weight is 438 g/mol. The molecule has 0 saturated heterocycles. The van der Waals surface area contributed by atoms with E-state index in [1.807, 2.05) is 12.2 Å². The second-order valence-corrected chi connectivity index (χ2v) is 8.40. The highest BCUT2D eigenvalue weighted by Crippen LogP contribution is 2.30. The maximum Gasteiger partial charge on any atom is 0.0384 e. The summed E-state index contributed by atoms with van der Waals surface area (Å²) in [6.07, 6.45) is 15.6. The molecule has 0 heterocycles. The van der Waals surface area contributed by atoms with Gasteiger partial charge < -0.3 is 5.32 Å². The van der Waals surface area contributed by atoms with Gasteiger partial charge in [-0.2, -0.15) is 0 Å². The van der Waals surface area contributed by atoms with Gasteiger partial charge in [0.25, 0.3) is 0 Å². The van der Waals surface area contributed by atoms with Crippen molar-refractivity contribution in [2.45, 2.75) is 6.42 Å². The molecular formula is C33H27N. The molecule has 34 heavy (non-hydrogen) atoms. The summed E-state index contributed by atoms with van der Waals surface area (Å²) in [7, 11) is 0. The van der Waals surface area contributed by atoms with Crippen LogP contribution in [0.4, 0.5) is 11.4 Å². The van der Waals surface area contributed by atoms with Crippen molar-refractivity contribution in [1.29, 1.82) is 0 Å². The first-order chi connectivity index (χ1) is 16.8. The number of anilines is 2. The molecule has 0 amide bonds. The number of fused-ring (bicyclic) bond motifs is 1. The molecule has 5 rings (SSSR count). The van der Waals surface area contributed by atoms with Crippen molar-refractivity contribution in [2.75, 3.05) is 5.32 Å². The van der Waals surface area contributed by atoms with Gasteiger partial charge in [-0.3, -0.25) is 0 Å². The molecule has 0 unspecified atom stereocenters. The fraction of sp³-hybridized carbons (Fsp3) is 0.0303. The van der Waals surface area contributed by atoms with Crippen LogP contribution in [0.1, 0.15) is 12.0 Å². The lowest BCUT2D eigenvalue weighted by Gasteiger charge is -2.11. The summed E-state index contributed by atoms with van der Waals surface area (Å²) < 4.78 is 0. The normalized spacial score (nSPS) is 17.1. The quantitative estimate of drug-likeness (QED) is 0.335. The molecule has 0 aromatic heterocycles. The van der Waals surface area contributed by atoms with Gasteiger partial charge in [-0.25, -0.2) is 0 Å². The van der Waals surface area contributed by atoms with Crippen LogP contribution in [-0.2, 0) is 0 Å². The summed E-state index contributed by atoms with van der Waals surface area (Å²) in [6, 6.07) is 32.2. The van der Waals surface area contributed by atoms with Gasteiger partial charge in [-0.05, 0) is 69.3 Å². The topological polar surface area (TPSA) is 12.0 Å². The summed E-state index contributed by atoms with van der Waals surface area (Å²) in [5.41, 5.74) is 8.00. The van der Waals surface area contributed by atoms with Gasteiger partial charge in [-0.1, -0.05) is 116 Å². The Hall–Kier alpha value is -4.36. The van der Waals surface area contributed by atoms with Crippen LogP contribution in [0.25, 0.3) is 27.5 Å². The third kappa shape index (κ3) is 5.00. The second-order valence-electron chi connectivity index (χ2n) is 8.40. The summed E-state index contributed by atoms with van der Waals surface area (Å²) in [5, 5.41) is 6.07. The molecule has 1 aliphatic rings. The number of hydrogen-bond donors (Lipinski definition) is 1. The number of rotatable bonds is 4. The van der Waals surface area contributed by atoms with Crippen molar-refractivity contribution in [3.63, 3.8) is 0 Å². The monoisotopic (exact) mass is 437 g/mol. The van der Waals surface area contributed by atoms with Gasteiger partial charge in [0.15, 0.2) is 0 Å². The van der Waals surface area contributed by atoms with Crippen molar-refractivity contribution in [2.24, 2.45) is 0 Å². The van der Waals surface area contributed by atoms with Gasteiger partial charge in [0.2, 0.25) is 0 Å². The van der Waals surface area contributed by atoms with Crippen LogP contribution in [0.3, 0.4) is 0 Å². The molecule has 1 N–H and O–H groups in total. The van der Waals surface area contributed by atoms with E-state index in [2.05, 4.69) is 133 Å². The minimum atomic E-state index is 0.902. The molecule has 0 radical (unpaired) electrons. The predicted octanol–water partition coefficient (Wildman–Crippen LogP) is 9.26. The fourth-order valence-electron chi connectivity index (χ4n) is 4.19. The highest BCUT2D eigenvalue weighted by molar-refractivity contribution is 5.96. The lowest BCUT2D eigenvalue weighted by Crippen LogP contribution is -1.91. The Kier molecular flexibility index (Phi) is 6.36. The van der Waals surface area contributed by atoms with E-state index in [4.69, 9.17) is 0 Å². The predicted molar refractivity (Wildman–Crippen MR) is 148 cm³/mol. The number of nitrogens with one attached hydrogen (secondary N) is 1. The smallest absolute Gasteiger partial charge is 0.0384 e. The van der Waals surface area contributed by atoms with Crippen LogP contribution < -0.4 is 5.32 Å². The highest BCUT2D eigenvalue weighted by Gasteiger charge is 2.04. The van der Waals surface area contributed by atoms with Gasteiger partial charge in [0.1, 0.15) is 0 Å². The summed E-state index contributed by atoms with van der Waals surface area (Å²) in [4.78, 5) is 0. The fourth-order valence-corrected chi connectivity index (χ4v) is 4.19. The standard InChI is InChI=1S/C33H27N/c1-25-9-4-2-3-5-10-26(16-15-25)27-17-21-30(22-18-27)34-31-23-19-29(20-24-31)33-14-8-12-28-11-6-7-13-32(28)33/h2-4,6-24,34H,1,5H2/b3-2-,9-4-,16-15?,26-10+. The molecule has 0 aliphatic heterocycles. The van der Waals surface area contributed by atoms with Crippen molar-refractivity contribution in [3.05, 3.63) is 151 Å². The van der Waals surface area contributed by atoms with E-state index in [0.717, 1.165) is 23.4 Å². The van der Waals surface area contributed by atoms with E-state index in [0.29, 0.717) is 0 Å². The molecule has 0 saturated carbocycles. The van der Waals surface area contributed by atoms with E-state index in [-0.39, 0.29) is 0 Å². The van der Waals surface area contributed by atoms with E-state index in [9.17, 15) is 0 Å². The Labute approximate surface area is 201 Å². The van der Waals surface area contributed by atoms with Gasteiger partial charge in [0, 0.05) is 11.4 Å². The van der Waals surface area contributed by atoms with Crippen molar-refractivity contribution < 1.29 is 0 Å². The maximum atomic E-state index is 4.07. The molecule has 164 valence electrons. The van der Waals surface area contributed by atoms with Gasteiger partial charge in [-0.15, -0.1) is 0 Å². The third-order valence-electron chi connectivity index (χ3n) is 6.00. The van der Waals surface area contributed by atoms with Crippen LogP contribution in [0.5, 0.6) is 0 Å². The summed E-state index contributed by atoms with van der Waals surface area (Å²) >= 11 is 0. The van der Waals surface area contributed by atoms with Crippen LogP contribution in [-0.4, -0.2) is 0 Å². The average Bonchev–Trinajstić information content (AvgIpc) is 2.89. The van der Waals surface area contributed by atoms with Crippen LogP contribution in [0.2, 0.25) is 0 Å². The number of benzene rings is 4. The Morgan fingerprint density at radius 1 is 0.618 bits per heavy atom. The maximum absolute atomic E-state index is 4.07. The van der Waals surface area contributed by atoms with Crippen molar-refractivity contribution in [1.82, 2.24) is 0 Å². The molecule has 4 aromatic rings. The molecule has 1 aliphatic carbocycles. The zero-order chi connectivity index (χ0) is 23.2. The molecule has 1 nitrogen and oxygen atoms in total. The van der Waals surface area contributed by atoms with Crippen molar-refractivity contribution >= 4 is 27.7 Å². The van der Waals surface area contributed by atoms with E-state index < -0.39 is 0 Å². The first kappa shape index (κ1) is 21.5. The van der Waals surface area contributed by atoms with E-state index in [1.165, 1.54) is 33.0 Å². The lowest BCUT2D eigenvalue weighted by atomic mass is 9.98. The van der Waals surface area contributed by atoms with Crippen LogP contribution in [0.15, 0.2) is 146 Å². The van der Waals surface area contributed by atoms with E-state index >= 15 is 0 Å². The van der Waals surface area contributed by atoms with Gasteiger partial charge >= 0.3 is 0 Å². The molecule has 1 heteroatoms. The summed E-state index contributed by atoms with van der Waals surface area (Å²) in [6.45, 7) is 4.07. The molecule has 0 atom stereocenters. The first-order valence-electron chi connectivity index (χ1n) is 11.6. The molecule has 0 fully saturated rings. The Balaban J connectivity index is 1.32. The SMILES string of the molecule is C=C1C=C/C(c2ccc(Nc3ccc(-c4cccc5ccccc45)cc3)cc2)=C\C/C=C\C=C/1. The van der Waals surface area contributed by atoms with E-state index in [1.54, 1.807) is 0 Å². The van der Waals surface area contributed by atoms with Crippen molar-refractivity contribution in [3.8, 4) is 11.1 Å². The minimum absolute atomic E-state index is 0.902. The molecule has 4 aromatic carbocycles. The van der Waals surface area contributed by atoms with Crippen LogP contribution >= 0.6 is 0 Å². The number of allylic oxidation sites excluding steroid dienone is 9. The second kappa shape index (κ2) is 10.1. The third-order valence-corrected chi connectivity index (χ3v) is 6.00. The highest BCUT2D eigenvalue weighted by atomic mass is 14.9.